The number of ether oxygens (including phenoxy) is 1. The van der Waals surface area contributed by atoms with Crippen molar-refractivity contribution < 1.29 is 36.3 Å². The van der Waals surface area contributed by atoms with Crippen molar-refractivity contribution in [2.24, 2.45) is 0 Å². The number of urea groups is 1. The van der Waals surface area contributed by atoms with Gasteiger partial charge in [0.1, 0.15) is 5.75 Å². The first-order chi connectivity index (χ1) is 16.5. The monoisotopic (exact) mass is 493 g/mol. The SMILES string of the molecule is C[C@@H](NC(=O)Nc1ccc(NC(=O)c2ccccc2)cc1C(F)(F)F)c1cccc(OC(F)F)c1. The van der Waals surface area contributed by atoms with Crippen molar-refractivity contribution in [2.45, 2.75) is 25.8 Å². The summed E-state index contributed by atoms with van der Waals surface area (Å²) in [6, 6.07) is 14.8. The molecule has 3 N–H and O–H groups in total. The van der Waals surface area contributed by atoms with Crippen LogP contribution < -0.4 is 20.7 Å². The number of carbonyl (C=O) groups excluding carboxylic acids is 2. The molecule has 3 aromatic rings. The van der Waals surface area contributed by atoms with Crippen molar-refractivity contribution in [1.29, 1.82) is 0 Å². The van der Waals surface area contributed by atoms with Gasteiger partial charge < -0.3 is 20.7 Å². The molecule has 35 heavy (non-hydrogen) atoms. The summed E-state index contributed by atoms with van der Waals surface area (Å²) in [5.41, 5.74) is -1.15. The Balaban J connectivity index is 1.73. The summed E-state index contributed by atoms with van der Waals surface area (Å²) in [7, 11) is 0. The van der Waals surface area contributed by atoms with Crippen molar-refractivity contribution >= 4 is 23.3 Å². The minimum atomic E-state index is -4.83. The Kier molecular flexibility index (Phi) is 7.90. The lowest BCUT2D eigenvalue weighted by Gasteiger charge is -2.19. The van der Waals surface area contributed by atoms with E-state index >= 15 is 0 Å². The van der Waals surface area contributed by atoms with Crippen molar-refractivity contribution in [1.82, 2.24) is 5.32 Å². The molecule has 0 aliphatic heterocycles. The molecule has 0 fully saturated rings. The van der Waals surface area contributed by atoms with E-state index in [4.69, 9.17) is 0 Å². The molecule has 0 saturated carbocycles. The van der Waals surface area contributed by atoms with Crippen molar-refractivity contribution in [3.63, 3.8) is 0 Å². The third-order valence-corrected chi connectivity index (χ3v) is 4.80. The summed E-state index contributed by atoms with van der Waals surface area (Å²) in [5, 5.41) is 6.98. The van der Waals surface area contributed by atoms with Crippen LogP contribution >= 0.6 is 0 Å². The molecule has 0 saturated heterocycles. The quantitative estimate of drug-likeness (QED) is 0.332. The zero-order valence-electron chi connectivity index (χ0n) is 18.2. The topological polar surface area (TPSA) is 79.5 Å². The van der Waals surface area contributed by atoms with E-state index in [0.29, 0.717) is 11.6 Å². The number of carbonyl (C=O) groups is 2. The summed E-state index contributed by atoms with van der Waals surface area (Å²) in [4.78, 5) is 24.6. The second kappa shape index (κ2) is 10.9. The molecular formula is C24H20F5N3O3. The van der Waals surface area contributed by atoms with Crippen LogP contribution in [-0.4, -0.2) is 18.5 Å². The molecule has 0 aromatic heterocycles. The molecular weight excluding hydrogens is 473 g/mol. The lowest BCUT2D eigenvalue weighted by Crippen LogP contribution is -2.32. The van der Waals surface area contributed by atoms with E-state index in [2.05, 4.69) is 20.7 Å². The maximum absolute atomic E-state index is 13.7. The number of benzene rings is 3. The van der Waals surface area contributed by atoms with E-state index in [-0.39, 0.29) is 17.0 Å². The molecule has 184 valence electrons. The summed E-state index contributed by atoms with van der Waals surface area (Å²) in [5.74, 6) is -0.719. The van der Waals surface area contributed by atoms with E-state index in [0.717, 1.165) is 6.07 Å². The van der Waals surface area contributed by atoms with Crippen LogP contribution in [0.25, 0.3) is 0 Å². The fourth-order valence-corrected chi connectivity index (χ4v) is 3.16. The molecule has 0 heterocycles. The van der Waals surface area contributed by atoms with E-state index in [1.165, 1.54) is 49.4 Å². The number of nitrogens with one attached hydrogen (secondary N) is 3. The number of halogens is 5. The molecule has 6 nitrogen and oxygen atoms in total. The highest BCUT2D eigenvalue weighted by Crippen LogP contribution is 2.36. The molecule has 0 bridgehead atoms. The minimum Gasteiger partial charge on any atom is -0.435 e. The lowest BCUT2D eigenvalue weighted by atomic mass is 10.1. The second-order valence-corrected chi connectivity index (χ2v) is 7.35. The number of rotatable bonds is 7. The van der Waals surface area contributed by atoms with Crippen LogP contribution in [0.4, 0.5) is 38.1 Å². The second-order valence-electron chi connectivity index (χ2n) is 7.35. The van der Waals surface area contributed by atoms with Gasteiger partial charge in [-0.3, -0.25) is 4.79 Å². The first-order valence-corrected chi connectivity index (χ1v) is 10.2. The van der Waals surface area contributed by atoms with Gasteiger partial charge >= 0.3 is 18.8 Å². The molecule has 0 spiro atoms. The van der Waals surface area contributed by atoms with Gasteiger partial charge in [0.25, 0.3) is 5.91 Å². The Hall–Kier alpha value is -4.15. The summed E-state index contributed by atoms with van der Waals surface area (Å²) >= 11 is 0. The van der Waals surface area contributed by atoms with Gasteiger partial charge in [-0.2, -0.15) is 22.0 Å². The van der Waals surface area contributed by atoms with Crippen LogP contribution in [0, 0.1) is 0 Å². The van der Waals surface area contributed by atoms with E-state index in [1.54, 1.807) is 18.2 Å². The third-order valence-electron chi connectivity index (χ3n) is 4.80. The fraction of sp³-hybridized carbons (Fsp3) is 0.167. The first-order valence-electron chi connectivity index (χ1n) is 10.2. The fourth-order valence-electron chi connectivity index (χ4n) is 3.16. The highest BCUT2D eigenvalue weighted by molar-refractivity contribution is 6.04. The molecule has 3 amide bonds. The van der Waals surface area contributed by atoms with E-state index in [1.807, 2.05) is 0 Å². The highest BCUT2D eigenvalue weighted by atomic mass is 19.4. The molecule has 0 aliphatic rings. The van der Waals surface area contributed by atoms with Crippen LogP contribution in [0.15, 0.2) is 72.8 Å². The van der Waals surface area contributed by atoms with Gasteiger partial charge in [-0.15, -0.1) is 0 Å². The van der Waals surface area contributed by atoms with Gasteiger partial charge in [0.2, 0.25) is 0 Å². The number of hydrogen-bond acceptors (Lipinski definition) is 3. The Morgan fingerprint density at radius 2 is 1.60 bits per heavy atom. The molecule has 0 unspecified atom stereocenters. The maximum atomic E-state index is 13.7. The zero-order valence-corrected chi connectivity index (χ0v) is 18.2. The predicted molar refractivity (Wildman–Crippen MR) is 119 cm³/mol. The summed E-state index contributed by atoms with van der Waals surface area (Å²) < 4.78 is 70.1. The largest absolute Gasteiger partial charge is 0.435 e. The van der Waals surface area contributed by atoms with Crippen molar-refractivity contribution in [3.8, 4) is 5.75 Å². The molecule has 0 radical (unpaired) electrons. The van der Waals surface area contributed by atoms with Gasteiger partial charge in [-0.05, 0) is 55.0 Å². The smallest absolute Gasteiger partial charge is 0.418 e. The Morgan fingerprint density at radius 3 is 2.26 bits per heavy atom. The standard InChI is InChI=1S/C24H20F5N3O3/c1-14(16-8-5-9-18(12-16)35-22(25)26)30-23(34)32-20-11-10-17(13-19(20)24(27,28)29)31-21(33)15-6-3-2-4-7-15/h2-14,22H,1H3,(H,31,33)(H2,30,32,34)/t14-/m1/s1. The van der Waals surface area contributed by atoms with Crippen LogP contribution in [0.2, 0.25) is 0 Å². The van der Waals surface area contributed by atoms with E-state index in [9.17, 15) is 31.5 Å². The van der Waals surface area contributed by atoms with Gasteiger partial charge in [0, 0.05) is 11.3 Å². The molecule has 11 heteroatoms. The zero-order chi connectivity index (χ0) is 25.6. The van der Waals surface area contributed by atoms with Gasteiger partial charge in [-0.1, -0.05) is 30.3 Å². The maximum Gasteiger partial charge on any atom is 0.418 e. The normalized spacial score (nSPS) is 12.1. The average Bonchev–Trinajstić information content (AvgIpc) is 2.79. The Labute approximate surface area is 197 Å². The Morgan fingerprint density at radius 1 is 0.886 bits per heavy atom. The van der Waals surface area contributed by atoms with Crippen molar-refractivity contribution in [2.75, 3.05) is 10.6 Å². The van der Waals surface area contributed by atoms with Crippen LogP contribution in [0.5, 0.6) is 5.75 Å². The predicted octanol–water partition coefficient (Wildman–Crippen LogP) is 6.44. The lowest BCUT2D eigenvalue weighted by molar-refractivity contribution is -0.136. The van der Waals surface area contributed by atoms with Crippen LogP contribution in [0.3, 0.4) is 0 Å². The Bertz CT molecular complexity index is 1190. The number of anilines is 2. The third kappa shape index (κ3) is 7.16. The average molecular weight is 493 g/mol. The highest BCUT2D eigenvalue weighted by Gasteiger charge is 2.34. The molecule has 3 aromatic carbocycles. The van der Waals surface area contributed by atoms with Gasteiger partial charge in [-0.25, -0.2) is 4.79 Å². The van der Waals surface area contributed by atoms with Crippen LogP contribution in [-0.2, 0) is 6.18 Å². The van der Waals surface area contributed by atoms with E-state index < -0.39 is 42.0 Å². The number of alkyl halides is 5. The minimum absolute atomic E-state index is 0.110. The first kappa shape index (κ1) is 25.5. The van der Waals surface area contributed by atoms with Crippen molar-refractivity contribution in [3.05, 3.63) is 89.5 Å². The number of amides is 3. The van der Waals surface area contributed by atoms with Gasteiger partial charge in [0.05, 0.1) is 17.3 Å². The molecule has 0 aliphatic carbocycles. The van der Waals surface area contributed by atoms with Gasteiger partial charge in [0.15, 0.2) is 0 Å². The van der Waals surface area contributed by atoms with Crippen LogP contribution in [0.1, 0.15) is 34.5 Å². The molecule has 3 rings (SSSR count). The molecule has 1 atom stereocenters. The summed E-state index contributed by atoms with van der Waals surface area (Å²) in [6.45, 7) is -1.51. The summed E-state index contributed by atoms with van der Waals surface area (Å²) in [6.07, 6.45) is -4.83. The number of hydrogen-bond donors (Lipinski definition) is 3.